The van der Waals surface area contributed by atoms with Crippen molar-refractivity contribution in [3.63, 3.8) is 0 Å². The second kappa shape index (κ2) is 4.92. The van der Waals surface area contributed by atoms with E-state index in [2.05, 4.69) is 10.2 Å². The first-order valence-electron chi connectivity index (χ1n) is 4.26. The molecule has 2 heterocycles. The molecule has 0 spiro atoms. The van der Waals surface area contributed by atoms with Crippen LogP contribution in [0.15, 0.2) is 4.34 Å². The van der Waals surface area contributed by atoms with E-state index in [-0.39, 0.29) is 6.10 Å². The predicted octanol–water partition coefficient (Wildman–Crippen LogP) is 0.975. The van der Waals surface area contributed by atoms with Crippen LogP contribution < -0.4 is 5.73 Å². The first-order chi connectivity index (χ1) is 6.84. The molecule has 0 amide bonds. The summed E-state index contributed by atoms with van der Waals surface area (Å²) in [4.78, 5) is 0. The lowest BCUT2D eigenvalue weighted by Gasteiger charge is -2.21. The first-order valence-corrected chi connectivity index (χ1v) is 6.06. The Morgan fingerprint density at radius 1 is 1.57 bits per heavy atom. The number of rotatable bonds is 3. The van der Waals surface area contributed by atoms with Crippen LogP contribution in [-0.2, 0) is 9.47 Å². The fraction of sp³-hybridized carbons (Fsp3) is 0.714. The molecule has 0 saturated carbocycles. The van der Waals surface area contributed by atoms with Gasteiger partial charge in [-0.3, -0.25) is 0 Å². The summed E-state index contributed by atoms with van der Waals surface area (Å²) in [7, 11) is 0. The van der Waals surface area contributed by atoms with Gasteiger partial charge in [-0.05, 0) is 6.42 Å². The number of nitrogen functional groups attached to an aromatic ring is 1. The molecular weight excluding hydrogens is 222 g/mol. The summed E-state index contributed by atoms with van der Waals surface area (Å²) < 4.78 is 11.4. The molecule has 5 nitrogen and oxygen atoms in total. The van der Waals surface area contributed by atoms with Gasteiger partial charge in [-0.25, -0.2) is 0 Å². The van der Waals surface area contributed by atoms with E-state index in [1.54, 1.807) is 11.8 Å². The van der Waals surface area contributed by atoms with Crippen LogP contribution in [0.25, 0.3) is 0 Å². The van der Waals surface area contributed by atoms with E-state index < -0.39 is 0 Å². The molecule has 7 heteroatoms. The Morgan fingerprint density at radius 3 is 3.14 bits per heavy atom. The molecule has 1 aliphatic heterocycles. The van der Waals surface area contributed by atoms with Gasteiger partial charge in [-0.1, -0.05) is 23.1 Å². The minimum atomic E-state index is 0.263. The van der Waals surface area contributed by atoms with E-state index in [1.807, 2.05) is 0 Å². The average molecular weight is 233 g/mol. The van der Waals surface area contributed by atoms with Gasteiger partial charge in [0.2, 0.25) is 5.13 Å². The van der Waals surface area contributed by atoms with Crippen LogP contribution in [0.5, 0.6) is 0 Å². The summed E-state index contributed by atoms with van der Waals surface area (Å²) in [6.45, 7) is 1.19. The van der Waals surface area contributed by atoms with Gasteiger partial charge < -0.3 is 15.2 Å². The quantitative estimate of drug-likeness (QED) is 0.785. The molecule has 1 unspecified atom stereocenters. The molecule has 2 N–H and O–H groups in total. The molecular formula is C7H11N3O2S2. The lowest BCUT2D eigenvalue weighted by atomic mass is 10.3. The molecule has 14 heavy (non-hydrogen) atoms. The van der Waals surface area contributed by atoms with Crippen LogP contribution in [0.2, 0.25) is 0 Å². The average Bonchev–Trinajstić information content (AvgIpc) is 2.63. The Bertz CT molecular complexity index is 288. The van der Waals surface area contributed by atoms with Gasteiger partial charge in [0.25, 0.3) is 0 Å². The standard InChI is InChI=1S/C7H11N3O2S2/c8-6-9-10-7(14-6)13-3-5-1-2-11-4-12-5/h5H,1-4H2,(H2,8,9). The molecule has 1 aromatic heterocycles. The van der Waals surface area contributed by atoms with Gasteiger partial charge in [0.05, 0.1) is 12.7 Å². The van der Waals surface area contributed by atoms with E-state index >= 15 is 0 Å². The Kier molecular flexibility index (Phi) is 3.57. The summed E-state index contributed by atoms with van der Waals surface area (Å²) in [5.41, 5.74) is 5.47. The minimum absolute atomic E-state index is 0.263. The number of nitrogens with zero attached hydrogens (tertiary/aromatic N) is 2. The van der Waals surface area contributed by atoms with E-state index in [0.717, 1.165) is 23.1 Å². The Balaban J connectivity index is 1.76. The van der Waals surface area contributed by atoms with Crippen LogP contribution in [0.1, 0.15) is 6.42 Å². The van der Waals surface area contributed by atoms with Crippen molar-refractivity contribution >= 4 is 28.2 Å². The van der Waals surface area contributed by atoms with Gasteiger partial charge in [0, 0.05) is 5.75 Å². The van der Waals surface area contributed by atoms with Crippen molar-refractivity contribution < 1.29 is 9.47 Å². The third kappa shape index (κ3) is 2.81. The summed E-state index contributed by atoms with van der Waals surface area (Å²) in [5.74, 6) is 0.887. The van der Waals surface area contributed by atoms with Crippen molar-refractivity contribution in [1.82, 2.24) is 10.2 Å². The highest BCUT2D eigenvalue weighted by Crippen LogP contribution is 2.25. The molecule has 0 aliphatic carbocycles. The van der Waals surface area contributed by atoms with Crippen molar-refractivity contribution in [3.05, 3.63) is 0 Å². The van der Waals surface area contributed by atoms with E-state index in [9.17, 15) is 0 Å². The molecule has 1 saturated heterocycles. The fourth-order valence-corrected chi connectivity index (χ4v) is 2.80. The van der Waals surface area contributed by atoms with Gasteiger partial charge in [-0.2, -0.15) is 0 Å². The van der Waals surface area contributed by atoms with Crippen LogP contribution >= 0.6 is 23.1 Å². The molecule has 1 aromatic rings. The maximum atomic E-state index is 5.47. The van der Waals surface area contributed by atoms with Crippen LogP contribution in [-0.4, -0.2) is 35.5 Å². The third-order valence-corrected chi connectivity index (χ3v) is 3.80. The van der Waals surface area contributed by atoms with E-state index in [0.29, 0.717) is 11.9 Å². The van der Waals surface area contributed by atoms with E-state index in [4.69, 9.17) is 15.2 Å². The monoisotopic (exact) mass is 233 g/mol. The smallest absolute Gasteiger partial charge is 0.203 e. The first kappa shape index (κ1) is 10.2. The number of anilines is 1. The maximum absolute atomic E-state index is 5.47. The molecule has 0 radical (unpaired) electrons. The molecule has 78 valence electrons. The van der Waals surface area contributed by atoms with Crippen molar-refractivity contribution in [2.24, 2.45) is 0 Å². The number of aromatic nitrogens is 2. The molecule has 1 fully saturated rings. The number of thioether (sulfide) groups is 1. The zero-order chi connectivity index (χ0) is 9.80. The van der Waals surface area contributed by atoms with Crippen molar-refractivity contribution in [1.29, 1.82) is 0 Å². The molecule has 1 aliphatic rings. The van der Waals surface area contributed by atoms with Crippen molar-refractivity contribution in [2.45, 2.75) is 16.9 Å². The Hall–Kier alpha value is -0.370. The summed E-state index contributed by atoms with van der Waals surface area (Å²) in [6.07, 6.45) is 1.21. The van der Waals surface area contributed by atoms with Crippen molar-refractivity contribution in [2.75, 3.05) is 24.9 Å². The molecule has 2 rings (SSSR count). The maximum Gasteiger partial charge on any atom is 0.203 e. The van der Waals surface area contributed by atoms with E-state index in [1.165, 1.54) is 11.3 Å². The lowest BCUT2D eigenvalue weighted by molar-refractivity contribution is -0.130. The topological polar surface area (TPSA) is 70.3 Å². The van der Waals surface area contributed by atoms with Gasteiger partial charge in [0.15, 0.2) is 4.34 Å². The second-order valence-electron chi connectivity index (χ2n) is 2.82. The molecule has 0 aromatic carbocycles. The largest absolute Gasteiger partial charge is 0.374 e. The summed E-state index contributed by atoms with van der Waals surface area (Å²) in [6, 6.07) is 0. The molecule has 0 bridgehead atoms. The highest BCUT2D eigenvalue weighted by atomic mass is 32.2. The van der Waals surface area contributed by atoms with Gasteiger partial charge in [0.1, 0.15) is 6.79 Å². The Morgan fingerprint density at radius 2 is 2.50 bits per heavy atom. The van der Waals surface area contributed by atoms with Gasteiger partial charge in [-0.15, -0.1) is 10.2 Å². The van der Waals surface area contributed by atoms with Crippen molar-refractivity contribution in [3.8, 4) is 0 Å². The zero-order valence-corrected chi connectivity index (χ0v) is 9.14. The number of hydrogen-bond donors (Lipinski definition) is 1. The third-order valence-electron chi connectivity index (χ3n) is 1.79. The molecule has 1 atom stereocenters. The van der Waals surface area contributed by atoms with Gasteiger partial charge >= 0.3 is 0 Å². The Labute approximate surface area is 90.0 Å². The van der Waals surface area contributed by atoms with Crippen LogP contribution in [0.4, 0.5) is 5.13 Å². The SMILES string of the molecule is Nc1nnc(SCC2CCOCO2)s1. The summed E-state index contributed by atoms with van der Waals surface area (Å²) >= 11 is 3.04. The highest BCUT2D eigenvalue weighted by Gasteiger charge is 2.15. The van der Waals surface area contributed by atoms with Crippen LogP contribution in [0.3, 0.4) is 0 Å². The number of hydrogen-bond acceptors (Lipinski definition) is 7. The zero-order valence-electron chi connectivity index (χ0n) is 7.51. The number of nitrogens with two attached hydrogens (primary N) is 1. The minimum Gasteiger partial charge on any atom is -0.374 e. The van der Waals surface area contributed by atoms with Crippen LogP contribution in [0, 0.1) is 0 Å². The summed E-state index contributed by atoms with van der Waals surface area (Å²) in [5, 5.41) is 8.17. The normalized spacial score (nSPS) is 22.4. The second-order valence-corrected chi connectivity index (χ2v) is 5.10. The predicted molar refractivity (Wildman–Crippen MR) is 55.4 cm³/mol. The highest BCUT2D eigenvalue weighted by molar-refractivity contribution is 8.01. The fourth-order valence-electron chi connectivity index (χ4n) is 1.08. The number of ether oxygens (including phenoxy) is 2. The lowest BCUT2D eigenvalue weighted by Crippen LogP contribution is -2.25.